The van der Waals surface area contributed by atoms with Gasteiger partial charge in [-0.3, -0.25) is 0 Å². The zero-order chi connectivity index (χ0) is 15.5. The lowest BCUT2D eigenvalue weighted by Gasteiger charge is -2.33. The van der Waals surface area contributed by atoms with Crippen LogP contribution >= 0.6 is 11.3 Å². The fourth-order valence-corrected chi connectivity index (χ4v) is 3.57. The van der Waals surface area contributed by atoms with Gasteiger partial charge in [-0.25, -0.2) is 9.78 Å². The molecule has 0 aromatic carbocycles. The largest absolute Gasteiger partial charge is 0.338 e. The van der Waals surface area contributed by atoms with Gasteiger partial charge >= 0.3 is 6.03 Å². The summed E-state index contributed by atoms with van der Waals surface area (Å²) in [7, 11) is 0. The minimum absolute atomic E-state index is 0.0785. The van der Waals surface area contributed by atoms with Crippen LogP contribution in [0.5, 0.6) is 0 Å². The maximum atomic E-state index is 12.2. The van der Waals surface area contributed by atoms with Crippen molar-refractivity contribution in [1.29, 1.82) is 0 Å². The third kappa shape index (κ3) is 4.43. The summed E-state index contributed by atoms with van der Waals surface area (Å²) in [4.78, 5) is 18.8. The number of hydrogen-bond acceptors (Lipinski definition) is 3. The lowest BCUT2D eigenvalue weighted by Crippen LogP contribution is -2.47. The second-order valence-electron chi connectivity index (χ2n) is 6.90. The smallest absolute Gasteiger partial charge is 0.317 e. The molecule has 2 amide bonds. The topological polar surface area (TPSA) is 45.2 Å². The fraction of sp³-hybridized carbons (Fsp3) is 0.750. The summed E-state index contributed by atoms with van der Waals surface area (Å²) in [6.45, 7) is 10.2. The molecule has 0 bridgehead atoms. The Morgan fingerprint density at radius 1 is 1.48 bits per heavy atom. The quantitative estimate of drug-likeness (QED) is 0.928. The van der Waals surface area contributed by atoms with E-state index in [1.54, 1.807) is 11.3 Å². The molecular formula is C16H27N3OS. The van der Waals surface area contributed by atoms with Crippen LogP contribution in [0.15, 0.2) is 5.38 Å². The van der Waals surface area contributed by atoms with Crippen molar-refractivity contribution >= 4 is 17.4 Å². The van der Waals surface area contributed by atoms with Gasteiger partial charge in [0.15, 0.2) is 0 Å². The molecule has 2 rings (SSSR count). The van der Waals surface area contributed by atoms with Gasteiger partial charge < -0.3 is 10.2 Å². The van der Waals surface area contributed by atoms with E-state index in [9.17, 15) is 4.79 Å². The van der Waals surface area contributed by atoms with E-state index < -0.39 is 0 Å². The molecule has 4 nitrogen and oxygen atoms in total. The molecule has 1 N–H and O–H groups in total. The SMILES string of the molecule is CC1CCCCN1C(=O)NCCc1nc(C(C)(C)C)cs1. The van der Waals surface area contributed by atoms with Gasteiger partial charge in [-0.15, -0.1) is 11.3 Å². The van der Waals surface area contributed by atoms with Gasteiger partial charge in [-0.05, 0) is 26.2 Å². The van der Waals surface area contributed by atoms with Gasteiger partial charge in [-0.2, -0.15) is 0 Å². The maximum absolute atomic E-state index is 12.2. The number of urea groups is 1. The third-order valence-corrected chi connectivity index (χ3v) is 4.91. The number of piperidine rings is 1. The molecule has 118 valence electrons. The molecule has 5 heteroatoms. The summed E-state index contributed by atoms with van der Waals surface area (Å²) in [5.41, 5.74) is 1.24. The predicted molar refractivity (Wildman–Crippen MR) is 87.9 cm³/mol. The number of hydrogen-bond donors (Lipinski definition) is 1. The maximum Gasteiger partial charge on any atom is 0.317 e. The van der Waals surface area contributed by atoms with Gasteiger partial charge in [0.25, 0.3) is 0 Å². The zero-order valence-corrected chi connectivity index (χ0v) is 14.4. The van der Waals surface area contributed by atoms with Gasteiger partial charge in [0.05, 0.1) is 10.7 Å². The molecular weight excluding hydrogens is 282 g/mol. The first-order chi connectivity index (χ1) is 9.88. The van der Waals surface area contributed by atoms with Crippen molar-refractivity contribution in [2.45, 2.75) is 64.8 Å². The Kier molecular flexibility index (Phi) is 5.25. The fourth-order valence-electron chi connectivity index (χ4n) is 2.55. The highest BCUT2D eigenvalue weighted by Crippen LogP contribution is 2.24. The monoisotopic (exact) mass is 309 g/mol. The van der Waals surface area contributed by atoms with Crippen molar-refractivity contribution in [1.82, 2.24) is 15.2 Å². The summed E-state index contributed by atoms with van der Waals surface area (Å²) < 4.78 is 0. The summed E-state index contributed by atoms with van der Waals surface area (Å²) in [6, 6.07) is 0.445. The standard InChI is InChI=1S/C16H27N3OS/c1-12-7-5-6-10-19(12)15(20)17-9-8-14-18-13(11-21-14)16(2,3)4/h11-12H,5-10H2,1-4H3,(H,17,20). The molecule has 1 aliphatic heterocycles. The highest BCUT2D eigenvalue weighted by molar-refractivity contribution is 7.09. The summed E-state index contributed by atoms with van der Waals surface area (Å²) in [5.74, 6) is 0. The molecule has 1 aromatic rings. The number of thiazole rings is 1. The van der Waals surface area contributed by atoms with Crippen LogP contribution in [-0.4, -0.2) is 35.0 Å². The highest BCUT2D eigenvalue weighted by atomic mass is 32.1. The zero-order valence-electron chi connectivity index (χ0n) is 13.6. The Balaban J connectivity index is 1.78. The first-order valence-corrected chi connectivity index (χ1v) is 8.75. The van der Waals surface area contributed by atoms with Crippen molar-refractivity contribution in [3.63, 3.8) is 0 Å². The number of rotatable bonds is 3. The molecule has 0 spiro atoms. The number of aromatic nitrogens is 1. The van der Waals surface area contributed by atoms with E-state index in [0.29, 0.717) is 12.6 Å². The van der Waals surface area contributed by atoms with Crippen LogP contribution in [0.1, 0.15) is 57.7 Å². The van der Waals surface area contributed by atoms with Crippen LogP contribution in [0.4, 0.5) is 4.79 Å². The van der Waals surface area contributed by atoms with Crippen molar-refractivity contribution in [2.24, 2.45) is 0 Å². The predicted octanol–water partition coefficient (Wildman–Crippen LogP) is 3.57. The molecule has 1 aromatic heterocycles. The van der Waals surface area contributed by atoms with Crippen molar-refractivity contribution < 1.29 is 4.79 Å². The van der Waals surface area contributed by atoms with Crippen LogP contribution in [0, 0.1) is 0 Å². The first-order valence-electron chi connectivity index (χ1n) is 7.87. The number of carbonyl (C=O) groups excluding carboxylic acids is 1. The molecule has 1 fully saturated rings. The molecule has 1 aliphatic rings. The lowest BCUT2D eigenvalue weighted by atomic mass is 9.93. The van der Waals surface area contributed by atoms with Crippen LogP contribution in [-0.2, 0) is 11.8 Å². The van der Waals surface area contributed by atoms with E-state index in [1.165, 1.54) is 6.42 Å². The molecule has 0 radical (unpaired) electrons. The lowest BCUT2D eigenvalue weighted by molar-refractivity contribution is 0.158. The Hall–Kier alpha value is -1.10. The van der Waals surface area contributed by atoms with Crippen molar-refractivity contribution in [3.05, 3.63) is 16.1 Å². The molecule has 0 aliphatic carbocycles. The Bertz CT molecular complexity index is 478. The molecule has 2 heterocycles. The number of nitrogens with zero attached hydrogens (tertiary/aromatic N) is 2. The minimum Gasteiger partial charge on any atom is -0.338 e. The van der Waals surface area contributed by atoms with E-state index in [1.807, 2.05) is 4.90 Å². The number of carbonyl (C=O) groups is 1. The van der Waals surface area contributed by atoms with E-state index in [2.05, 4.69) is 43.4 Å². The highest BCUT2D eigenvalue weighted by Gasteiger charge is 2.22. The Labute approximate surface area is 132 Å². The third-order valence-electron chi connectivity index (χ3n) is 4.00. The van der Waals surface area contributed by atoms with E-state index in [0.717, 1.165) is 36.5 Å². The van der Waals surface area contributed by atoms with Crippen LogP contribution in [0.3, 0.4) is 0 Å². The Morgan fingerprint density at radius 2 is 2.24 bits per heavy atom. The average molecular weight is 309 g/mol. The van der Waals surface area contributed by atoms with Gasteiger partial charge in [-0.1, -0.05) is 20.8 Å². The van der Waals surface area contributed by atoms with E-state index in [4.69, 9.17) is 0 Å². The van der Waals surface area contributed by atoms with E-state index >= 15 is 0 Å². The Morgan fingerprint density at radius 3 is 2.86 bits per heavy atom. The summed E-state index contributed by atoms with van der Waals surface area (Å²) in [5, 5.41) is 6.27. The van der Waals surface area contributed by atoms with Crippen molar-refractivity contribution in [3.8, 4) is 0 Å². The summed E-state index contributed by atoms with van der Waals surface area (Å²) >= 11 is 1.69. The van der Waals surface area contributed by atoms with Crippen LogP contribution in [0.25, 0.3) is 0 Å². The average Bonchev–Trinajstić information content (AvgIpc) is 2.88. The van der Waals surface area contributed by atoms with Gasteiger partial charge in [0.2, 0.25) is 0 Å². The molecule has 21 heavy (non-hydrogen) atoms. The molecule has 1 unspecified atom stereocenters. The number of likely N-dealkylation sites (tertiary alicyclic amines) is 1. The minimum atomic E-state index is 0.0785. The summed E-state index contributed by atoms with van der Waals surface area (Å²) in [6.07, 6.45) is 4.29. The van der Waals surface area contributed by atoms with Crippen LogP contribution in [0.2, 0.25) is 0 Å². The van der Waals surface area contributed by atoms with Crippen molar-refractivity contribution in [2.75, 3.05) is 13.1 Å². The number of nitrogens with one attached hydrogen (secondary N) is 1. The first kappa shape index (κ1) is 16.3. The molecule has 1 atom stereocenters. The number of amides is 2. The van der Waals surface area contributed by atoms with Crippen LogP contribution < -0.4 is 5.32 Å². The second kappa shape index (κ2) is 6.77. The second-order valence-corrected chi connectivity index (χ2v) is 7.84. The molecule has 1 saturated heterocycles. The molecule has 0 saturated carbocycles. The van der Waals surface area contributed by atoms with Gasteiger partial charge in [0.1, 0.15) is 0 Å². The van der Waals surface area contributed by atoms with Gasteiger partial charge in [0, 0.05) is 36.3 Å². The van der Waals surface area contributed by atoms with E-state index in [-0.39, 0.29) is 11.4 Å². The normalized spacial score (nSPS) is 19.6.